The molecule has 0 amide bonds. The van der Waals surface area contributed by atoms with Crippen LogP contribution in [0.4, 0.5) is 5.69 Å². The number of aryl methyl sites for hydroxylation is 1. The average molecular weight is 233 g/mol. The second kappa shape index (κ2) is 5.09. The van der Waals surface area contributed by atoms with Crippen molar-refractivity contribution < 1.29 is 4.74 Å². The van der Waals surface area contributed by atoms with Crippen LogP contribution in [0, 0.1) is 6.92 Å². The molecule has 0 spiro atoms. The lowest BCUT2D eigenvalue weighted by Crippen LogP contribution is -2.41. The average Bonchev–Trinajstić information content (AvgIpc) is 2.29. The first-order chi connectivity index (χ1) is 8.11. The zero-order valence-corrected chi connectivity index (χ0v) is 11.1. The molecule has 1 heterocycles. The van der Waals surface area contributed by atoms with Crippen molar-refractivity contribution in [3.05, 3.63) is 29.8 Å². The number of nitrogens with one attached hydrogen (secondary N) is 1. The fourth-order valence-corrected chi connectivity index (χ4v) is 2.47. The Bertz CT molecular complexity index is 377. The molecule has 0 aliphatic carbocycles. The third-order valence-electron chi connectivity index (χ3n) is 3.73. The van der Waals surface area contributed by atoms with Gasteiger partial charge in [0.15, 0.2) is 0 Å². The predicted molar refractivity (Wildman–Crippen MR) is 72.5 cm³/mol. The monoisotopic (exact) mass is 233 g/mol. The molecule has 2 rings (SSSR count). The molecule has 1 saturated heterocycles. The number of hydrogen-bond donors (Lipinski definition) is 1. The van der Waals surface area contributed by atoms with Crippen LogP contribution in [0.3, 0.4) is 0 Å². The van der Waals surface area contributed by atoms with Gasteiger partial charge in [-0.25, -0.2) is 0 Å². The molecule has 0 bridgehead atoms. The van der Waals surface area contributed by atoms with Crippen LogP contribution in [0.25, 0.3) is 0 Å². The molecule has 1 aromatic rings. The summed E-state index contributed by atoms with van der Waals surface area (Å²) in [7, 11) is 0. The summed E-state index contributed by atoms with van der Waals surface area (Å²) in [6.45, 7) is 7.42. The van der Waals surface area contributed by atoms with Gasteiger partial charge < -0.3 is 10.1 Å². The van der Waals surface area contributed by atoms with Crippen LogP contribution in [0.2, 0.25) is 0 Å². The normalized spacial score (nSPS) is 29.0. The number of ether oxygens (including phenoxy) is 1. The summed E-state index contributed by atoms with van der Waals surface area (Å²) in [5.74, 6) is 0. The van der Waals surface area contributed by atoms with E-state index in [0.717, 1.165) is 25.9 Å². The van der Waals surface area contributed by atoms with E-state index in [1.165, 1.54) is 11.3 Å². The Labute approximate surface area is 104 Å². The molecule has 1 fully saturated rings. The molecule has 1 aliphatic heterocycles. The highest BCUT2D eigenvalue weighted by Gasteiger charge is 2.31. The van der Waals surface area contributed by atoms with Crippen LogP contribution in [-0.4, -0.2) is 18.2 Å². The smallest absolute Gasteiger partial charge is 0.0671 e. The first-order valence-corrected chi connectivity index (χ1v) is 6.58. The van der Waals surface area contributed by atoms with Gasteiger partial charge in [0, 0.05) is 18.3 Å². The van der Waals surface area contributed by atoms with Crippen LogP contribution in [0.15, 0.2) is 24.3 Å². The first kappa shape index (κ1) is 12.4. The van der Waals surface area contributed by atoms with Gasteiger partial charge in [-0.05, 0) is 50.8 Å². The third-order valence-corrected chi connectivity index (χ3v) is 3.73. The van der Waals surface area contributed by atoms with Crippen molar-refractivity contribution >= 4 is 5.69 Å². The van der Waals surface area contributed by atoms with Crippen molar-refractivity contribution in [3.63, 3.8) is 0 Å². The maximum Gasteiger partial charge on any atom is 0.0671 e. The molecule has 0 aromatic heterocycles. The van der Waals surface area contributed by atoms with E-state index in [4.69, 9.17) is 4.74 Å². The van der Waals surface area contributed by atoms with Crippen LogP contribution in [-0.2, 0) is 4.74 Å². The molecule has 1 aliphatic rings. The Balaban J connectivity index is 1.99. The van der Waals surface area contributed by atoms with Gasteiger partial charge in [0.2, 0.25) is 0 Å². The standard InChI is InChI=1S/C15H23NO/c1-4-15(3)11-14(8-9-17-15)16-13-7-5-6-12(2)10-13/h5-7,10,14,16H,4,8-9,11H2,1-3H3. The molecule has 1 N–H and O–H groups in total. The number of hydrogen-bond acceptors (Lipinski definition) is 2. The summed E-state index contributed by atoms with van der Waals surface area (Å²) in [6, 6.07) is 9.13. The van der Waals surface area contributed by atoms with Crippen LogP contribution >= 0.6 is 0 Å². The van der Waals surface area contributed by atoms with E-state index in [2.05, 4.69) is 50.4 Å². The van der Waals surface area contributed by atoms with Gasteiger partial charge >= 0.3 is 0 Å². The molecule has 17 heavy (non-hydrogen) atoms. The molecular formula is C15H23NO. The SMILES string of the molecule is CCC1(C)CC(Nc2cccc(C)c2)CCO1. The molecule has 0 radical (unpaired) electrons. The number of anilines is 1. The van der Waals surface area contributed by atoms with E-state index >= 15 is 0 Å². The molecular weight excluding hydrogens is 210 g/mol. The van der Waals surface area contributed by atoms with Crippen molar-refractivity contribution in [2.24, 2.45) is 0 Å². The maximum atomic E-state index is 5.87. The van der Waals surface area contributed by atoms with Crippen LogP contribution in [0.1, 0.15) is 38.7 Å². The predicted octanol–water partition coefficient (Wildman–Crippen LogP) is 3.75. The van der Waals surface area contributed by atoms with Gasteiger partial charge in [0.1, 0.15) is 0 Å². The summed E-state index contributed by atoms with van der Waals surface area (Å²) in [5.41, 5.74) is 2.59. The Hall–Kier alpha value is -1.02. The zero-order chi connectivity index (χ0) is 12.3. The highest BCUT2D eigenvalue weighted by molar-refractivity contribution is 5.46. The first-order valence-electron chi connectivity index (χ1n) is 6.58. The lowest BCUT2D eigenvalue weighted by atomic mass is 9.90. The Morgan fingerprint density at radius 3 is 3.00 bits per heavy atom. The minimum absolute atomic E-state index is 0.0553. The lowest BCUT2D eigenvalue weighted by Gasteiger charge is -2.38. The van der Waals surface area contributed by atoms with Gasteiger partial charge in [0.05, 0.1) is 5.60 Å². The van der Waals surface area contributed by atoms with Crippen molar-refractivity contribution in [3.8, 4) is 0 Å². The summed E-state index contributed by atoms with van der Waals surface area (Å²) in [4.78, 5) is 0. The summed E-state index contributed by atoms with van der Waals surface area (Å²) in [6.07, 6.45) is 3.28. The molecule has 2 heteroatoms. The molecule has 1 aromatic carbocycles. The van der Waals surface area contributed by atoms with Crippen LogP contribution < -0.4 is 5.32 Å². The van der Waals surface area contributed by atoms with Crippen molar-refractivity contribution in [1.29, 1.82) is 0 Å². The van der Waals surface area contributed by atoms with Gasteiger partial charge in [-0.1, -0.05) is 19.1 Å². The van der Waals surface area contributed by atoms with E-state index in [-0.39, 0.29) is 5.60 Å². The van der Waals surface area contributed by atoms with Gasteiger partial charge in [-0.3, -0.25) is 0 Å². The van der Waals surface area contributed by atoms with E-state index in [0.29, 0.717) is 6.04 Å². The second-order valence-electron chi connectivity index (χ2n) is 5.36. The summed E-state index contributed by atoms with van der Waals surface area (Å²) in [5, 5.41) is 3.63. The minimum atomic E-state index is 0.0553. The van der Waals surface area contributed by atoms with Crippen molar-refractivity contribution in [2.45, 2.75) is 51.7 Å². The molecule has 94 valence electrons. The highest BCUT2D eigenvalue weighted by atomic mass is 16.5. The summed E-state index contributed by atoms with van der Waals surface area (Å²) < 4.78 is 5.87. The van der Waals surface area contributed by atoms with E-state index in [9.17, 15) is 0 Å². The Kier molecular flexibility index (Phi) is 3.72. The minimum Gasteiger partial charge on any atom is -0.382 e. The number of rotatable bonds is 3. The van der Waals surface area contributed by atoms with E-state index < -0.39 is 0 Å². The fraction of sp³-hybridized carbons (Fsp3) is 0.600. The topological polar surface area (TPSA) is 21.3 Å². The molecule has 2 atom stereocenters. The highest BCUT2D eigenvalue weighted by Crippen LogP contribution is 2.29. The summed E-state index contributed by atoms with van der Waals surface area (Å²) >= 11 is 0. The Morgan fingerprint density at radius 2 is 2.29 bits per heavy atom. The van der Waals surface area contributed by atoms with Gasteiger partial charge in [-0.15, -0.1) is 0 Å². The largest absolute Gasteiger partial charge is 0.382 e. The quantitative estimate of drug-likeness (QED) is 0.858. The van der Waals surface area contributed by atoms with Gasteiger partial charge in [-0.2, -0.15) is 0 Å². The maximum absolute atomic E-state index is 5.87. The van der Waals surface area contributed by atoms with Crippen molar-refractivity contribution in [1.82, 2.24) is 0 Å². The zero-order valence-electron chi connectivity index (χ0n) is 11.1. The van der Waals surface area contributed by atoms with E-state index in [1.807, 2.05) is 0 Å². The third kappa shape index (κ3) is 3.22. The van der Waals surface area contributed by atoms with Gasteiger partial charge in [0.25, 0.3) is 0 Å². The molecule has 2 unspecified atom stereocenters. The van der Waals surface area contributed by atoms with E-state index in [1.54, 1.807) is 0 Å². The fourth-order valence-electron chi connectivity index (χ4n) is 2.47. The molecule has 0 saturated carbocycles. The number of benzene rings is 1. The second-order valence-corrected chi connectivity index (χ2v) is 5.36. The molecule has 2 nitrogen and oxygen atoms in total. The van der Waals surface area contributed by atoms with Crippen LogP contribution in [0.5, 0.6) is 0 Å². The lowest BCUT2D eigenvalue weighted by molar-refractivity contribution is -0.0708. The Morgan fingerprint density at radius 1 is 1.47 bits per heavy atom. The van der Waals surface area contributed by atoms with Crippen molar-refractivity contribution in [2.75, 3.05) is 11.9 Å².